The lowest BCUT2D eigenvalue weighted by molar-refractivity contribution is -0.152. The van der Waals surface area contributed by atoms with Crippen LogP contribution in [0.25, 0.3) is 0 Å². The number of hydrogen-bond acceptors (Lipinski definition) is 2. The zero-order chi connectivity index (χ0) is 13.5. The second-order valence-corrected chi connectivity index (χ2v) is 8.11. The number of urea groups is 1. The molecule has 6 fully saturated rings. The van der Waals surface area contributed by atoms with E-state index in [-0.39, 0.29) is 5.60 Å². The summed E-state index contributed by atoms with van der Waals surface area (Å²) < 4.78 is 0. The van der Waals surface area contributed by atoms with Gasteiger partial charge in [0.25, 0.3) is 0 Å². The Hall–Kier alpha value is -0.770. The average molecular weight is 276 g/mol. The third-order valence-electron chi connectivity index (χ3n) is 6.83. The second kappa shape index (κ2) is 3.70. The van der Waals surface area contributed by atoms with E-state index in [0.29, 0.717) is 30.0 Å². The van der Waals surface area contributed by atoms with Crippen LogP contribution in [0.3, 0.4) is 0 Å². The summed E-state index contributed by atoms with van der Waals surface area (Å²) in [5.74, 6) is 1.86. The standard InChI is InChI=1S/C16H24N2O2/c19-15-17-3-1-2-13(17)9-18(15)14-11-4-10-5-12(14)8-16(20,6-10)7-11/h10-14,20H,1-9H2/t10?,11?,12?,13-,14?,16?/m1/s1. The molecular formula is C16H24N2O2. The zero-order valence-corrected chi connectivity index (χ0v) is 12.0. The van der Waals surface area contributed by atoms with Crippen LogP contribution in [0.1, 0.15) is 44.9 Å². The molecule has 0 radical (unpaired) electrons. The fourth-order valence-electron chi connectivity index (χ4n) is 6.46. The van der Waals surface area contributed by atoms with Crippen LogP contribution in [0.5, 0.6) is 0 Å². The maximum absolute atomic E-state index is 12.7. The molecule has 4 bridgehead atoms. The van der Waals surface area contributed by atoms with Crippen LogP contribution < -0.4 is 0 Å². The molecule has 0 spiro atoms. The Labute approximate surface area is 120 Å². The first-order valence-electron chi connectivity index (χ1n) is 8.43. The van der Waals surface area contributed by atoms with Gasteiger partial charge in [0.15, 0.2) is 0 Å². The summed E-state index contributed by atoms with van der Waals surface area (Å²) >= 11 is 0. The highest BCUT2D eigenvalue weighted by atomic mass is 16.3. The summed E-state index contributed by atoms with van der Waals surface area (Å²) in [5.41, 5.74) is -0.383. The van der Waals surface area contributed by atoms with Crippen molar-refractivity contribution in [2.45, 2.75) is 62.6 Å². The van der Waals surface area contributed by atoms with Crippen LogP contribution in [-0.2, 0) is 0 Å². The van der Waals surface area contributed by atoms with Gasteiger partial charge >= 0.3 is 6.03 Å². The van der Waals surface area contributed by atoms with E-state index < -0.39 is 0 Å². The molecule has 4 heteroatoms. The number of carbonyl (C=O) groups is 1. The second-order valence-electron chi connectivity index (χ2n) is 8.11. The predicted octanol–water partition coefficient (Wildman–Crippen LogP) is 1.83. The minimum Gasteiger partial charge on any atom is -0.390 e. The quantitative estimate of drug-likeness (QED) is 0.794. The Morgan fingerprint density at radius 3 is 2.50 bits per heavy atom. The van der Waals surface area contributed by atoms with Crippen molar-refractivity contribution in [3.05, 3.63) is 0 Å². The van der Waals surface area contributed by atoms with Gasteiger partial charge in [-0.3, -0.25) is 0 Å². The lowest BCUT2D eigenvalue weighted by Crippen LogP contribution is -2.62. The van der Waals surface area contributed by atoms with Crippen LogP contribution in [-0.4, -0.2) is 51.7 Å². The minimum atomic E-state index is -0.383. The van der Waals surface area contributed by atoms with E-state index in [1.165, 1.54) is 25.7 Å². The van der Waals surface area contributed by atoms with E-state index in [9.17, 15) is 9.90 Å². The lowest BCUT2D eigenvalue weighted by Gasteiger charge is -2.59. The Bertz CT molecular complexity index is 449. The van der Waals surface area contributed by atoms with Gasteiger partial charge in [-0.05, 0) is 62.7 Å². The minimum absolute atomic E-state index is 0.303. The molecule has 6 rings (SSSR count). The molecule has 4 saturated carbocycles. The summed E-state index contributed by atoms with van der Waals surface area (Å²) in [4.78, 5) is 17.0. The molecule has 2 saturated heterocycles. The first-order valence-corrected chi connectivity index (χ1v) is 8.43. The summed E-state index contributed by atoms with van der Waals surface area (Å²) in [6, 6.07) is 1.23. The number of amides is 2. The van der Waals surface area contributed by atoms with Crippen molar-refractivity contribution in [3.8, 4) is 0 Å². The van der Waals surface area contributed by atoms with Gasteiger partial charge < -0.3 is 14.9 Å². The van der Waals surface area contributed by atoms with Crippen molar-refractivity contribution in [2.24, 2.45) is 17.8 Å². The molecule has 0 aromatic carbocycles. The third-order valence-corrected chi connectivity index (χ3v) is 6.83. The number of fused-ring (bicyclic) bond motifs is 1. The smallest absolute Gasteiger partial charge is 0.320 e. The highest BCUT2D eigenvalue weighted by Crippen LogP contribution is 2.57. The molecule has 20 heavy (non-hydrogen) atoms. The fraction of sp³-hybridized carbons (Fsp3) is 0.938. The maximum Gasteiger partial charge on any atom is 0.320 e. The maximum atomic E-state index is 12.7. The molecule has 4 aliphatic carbocycles. The van der Waals surface area contributed by atoms with Gasteiger partial charge in [0.1, 0.15) is 0 Å². The van der Waals surface area contributed by atoms with Crippen LogP contribution in [0, 0.1) is 17.8 Å². The zero-order valence-electron chi connectivity index (χ0n) is 12.0. The topological polar surface area (TPSA) is 43.8 Å². The summed E-state index contributed by atoms with van der Waals surface area (Å²) in [6.45, 7) is 1.92. The molecule has 0 aromatic heterocycles. The monoisotopic (exact) mass is 276 g/mol. The van der Waals surface area contributed by atoms with Crippen LogP contribution >= 0.6 is 0 Å². The normalized spacial score (nSPS) is 53.0. The van der Waals surface area contributed by atoms with Crippen molar-refractivity contribution in [3.63, 3.8) is 0 Å². The number of aliphatic hydroxyl groups is 1. The van der Waals surface area contributed by atoms with Crippen molar-refractivity contribution >= 4 is 6.03 Å². The van der Waals surface area contributed by atoms with Crippen molar-refractivity contribution in [2.75, 3.05) is 13.1 Å². The van der Waals surface area contributed by atoms with Gasteiger partial charge in [-0.15, -0.1) is 0 Å². The molecule has 1 N–H and O–H groups in total. The lowest BCUT2D eigenvalue weighted by atomic mass is 9.52. The van der Waals surface area contributed by atoms with Gasteiger partial charge in [-0.2, -0.15) is 0 Å². The van der Waals surface area contributed by atoms with Crippen LogP contribution in [0.2, 0.25) is 0 Å². The van der Waals surface area contributed by atoms with E-state index in [4.69, 9.17) is 0 Å². The largest absolute Gasteiger partial charge is 0.390 e. The molecule has 2 amide bonds. The molecule has 6 aliphatic rings. The highest BCUT2D eigenvalue weighted by Gasteiger charge is 2.58. The predicted molar refractivity (Wildman–Crippen MR) is 74.1 cm³/mol. The Morgan fingerprint density at radius 1 is 1.10 bits per heavy atom. The number of rotatable bonds is 1. The SMILES string of the molecule is O=C1N(C2C3CC4CC2CC(O)(C4)C3)C[C@H]2CCCN12. The van der Waals surface area contributed by atoms with E-state index >= 15 is 0 Å². The van der Waals surface area contributed by atoms with E-state index in [1.807, 2.05) is 0 Å². The van der Waals surface area contributed by atoms with Gasteiger partial charge in [0, 0.05) is 19.1 Å². The Morgan fingerprint density at radius 2 is 1.85 bits per heavy atom. The summed E-state index contributed by atoms with van der Waals surface area (Å²) in [7, 11) is 0. The molecule has 2 heterocycles. The molecule has 2 unspecified atom stereocenters. The average Bonchev–Trinajstić information content (AvgIpc) is 2.91. The molecule has 3 atom stereocenters. The highest BCUT2D eigenvalue weighted by molar-refractivity contribution is 5.78. The summed E-state index contributed by atoms with van der Waals surface area (Å²) in [6.07, 6.45) is 7.78. The van der Waals surface area contributed by atoms with Crippen LogP contribution in [0.4, 0.5) is 4.79 Å². The Kier molecular flexibility index (Phi) is 2.19. The molecule has 0 aromatic rings. The number of hydrogen-bond donors (Lipinski definition) is 1. The molecule has 2 aliphatic heterocycles. The Balaban J connectivity index is 1.44. The molecule has 110 valence electrons. The van der Waals surface area contributed by atoms with Crippen molar-refractivity contribution < 1.29 is 9.90 Å². The van der Waals surface area contributed by atoms with E-state index in [1.54, 1.807) is 0 Å². The van der Waals surface area contributed by atoms with Crippen molar-refractivity contribution in [1.29, 1.82) is 0 Å². The third kappa shape index (κ3) is 1.44. The first-order chi connectivity index (χ1) is 9.63. The summed E-state index contributed by atoms with van der Waals surface area (Å²) in [5, 5.41) is 10.7. The number of nitrogens with zero attached hydrogens (tertiary/aromatic N) is 2. The number of carbonyl (C=O) groups excluding carboxylic acids is 1. The van der Waals surface area contributed by atoms with Gasteiger partial charge in [-0.25, -0.2) is 4.79 Å². The fourth-order valence-corrected chi connectivity index (χ4v) is 6.46. The van der Waals surface area contributed by atoms with E-state index in [0.717, 1.165) is 38.3 Å². The van der Waals surface area contributed by atoms with Crippen LogP contribution in [0.15, 0.2) is 0 Å². The van der Waals surface area contributed by atoms with Gasteiger partial charge in [0.2, 0.25) is 0 Å². The van der Waals surface area contributed by atoms with Gasteiger partial charge in [-0.1, -0.05) is 0 Å². The van der Waals surface area contributed by atoms with E-state index in [2.05, 4.69) is 9.80 Å². The molecular weight excluding hydrogens is 252 g/mol. The van der Waals surface area contributed by atoms with Gasteiger partial charge in [0.05, 0.1) is 11.6 Å². The molecule has 4 nitrogen and oxygen atoms in total. The first kappa shape index (κ1) is 11.8. The van der Waals surface area contributed by atoms with Crippen molar-refractivity contribution in [1.82, 2.24) is 9.80 Å².